The number of halogens is 1. The number of ether oxygens (including phenoxy) is 1. The van der Waals surface area contributed by atoms with Crippen molar-refractivity contribution in [2.75, 3.05) is 26.2 Å². The second-order valence-electron chi connectivity index (χ2n) is 10.1. The quantitative estimate of drug-likeness (QED) is 0.177. The molecule has 1 heterocycles. The first-order valence-corrected chi connectivity index (χ1v) is 14.8. The summed E-state index contributed by atoms with van der Waals surface area (Å²) in [5.74, 6) is 0.660. The first-order valence-electron chi connectivity index (χ1n) is 14.4. The van der Waals surface area contributed by atoms with Crippen molar-refractivity contribution >= 4 is 17.5 Å². The highest BCUT2D eigenvalue weighted by atomic mass is 35.5. The van der Waals surface area contributed by atoms with Crippen molar-refractivity contribution < 1.29 is 9.53 Å². The minimum Gasteiger partial charge on any atom is -0.492 e. The monoisotopic (exact) mass is 516 g/mol. The molecule has 36 heavy (non-hydrogen) atoms. The van der Waals surface area contributed by atoms with Gasteiger partial charge in [0.1, 0.15) is 5.75 Å². The van der Waals surface area contributed by atoms with Crippen LogP contribution in [0.1, 0.15) is 103 Å². The minimum atomic E-state index is -0.0208. The molecule has 0 spiro atoms. The lowest BCUT2D eigenvalue weighted by Gasteiger charge is -2.24. The van der Waals surface area contributed by atoms with Crippen molar-refractivity contribution in [3.05, 3.63) is 52.7 Å². The maximum absolute atomic E-state index is 12.5. The van der Waals surface area contributed by atoms with Gasteiger partial charge in [-0.3, -0.25) is 4.79 Å². The van der Waals surface area contributed by atoms with Gasteiger partial charge in [-0.1, -0.05) is 114 Å². The molecule has 0 saturated carbocycles. The van der Waals surface area contributed by atoms with Crippen LogP contribution in [-0.4, -0.2) is 37.0 Å². The van der Waals surface area contributed by atoms with E-state index in [0.717, 1.165) is 31.5 Å². The third-order valence-corrected chi connectivity index (χ3v) is 7.14. The summed E-state index contributed by atoms with van der Waals surface area (Å²) in [5.41, 5.74) is 2.02. The van der Waals surface area contributed by atoms with Crippen LogP contribution in [0.25, 0.3) is 0 Å². The fourth-order valence-electron chi connectivity index (χ4n) is 4.60. The van der Waals surface area contributed by atoms with Gasteiger partial charge < -0.3 is 15.0 Å². The molecule has 1 aromatic rings. The molecule has 0 unspecified atom stereocenters. The van der Waals surface area contributed by atoms with Crippen molar-refractivity contribution in [1.82, 2.24) is 10.2 Å². The van der Waals surface area contributed by atoms with Crippen molar-refractivity contribution in [3.8, 4) is 5.75 Å². The highest BCUT2D eigenvalue weighted by Crippen LogP contribution is 2.29. The van der Waals surface area contributed by atoms with Crippen LogP contribution in [-0.2, 0) is 11.2 Å². The molecular formula is C31H49ClN2O2. The molecule has 4 nitrogen and oxygen atoms in total. The van der Waals surface area contributed by atoms with Gasteiger partial charge in [-0.25, -0.2) is 0 Å². The molecule has 0 fully saturated rings. The number of benzene rings is 1. The SMILES string of the molecule is CCCCCCCCCCCCCCOc1cccc(CC(=O)NCC2=CC=CN(CCC)C2)c1Cl. The molecule has 0 aliphatic carbocycles. The average Bonchev–Trinajstić information content (AvgIpc) is 2.88. The van der Waals surface area contributed by atoms with Gasteiger partial charge in [0, 0.05) is 19.6 Å². The first-order chi connectivity index (χ1) is 17.6. The second-order valence-corrected chi connectivity index (χ2v) is 10.4. The zero-order valence-electron chi connectivity index (χ0n) is 22.8. The largest absolute Gasteiger partial charge is 0.492 e. The maximum Gasteiger partial charge on any atom is 0.224 e. The number of nitrogens with one attached hydrogen (secondary N) is 1. The summed E-state index contributed by atoms with van der Waals surface area (Å²) in [5, 5.41) is 3.59. The Hall–Kier alpha value is -1.94. The number of nitrogens with zero attached hydrogens (tertiary/aromatic N) is 1. The van der Waals surface area contributed by atoms with Crippen LogP contribution in [0, 0.1) is 0 Å². The fraction of sp³-hybridized carbons (Fsp3) is 0.645. The molecule has 5 heteroatoms. The van der Waals surface area contributed by atoms with Gasteiger partial charge in [-0.15, -0.1) is 0 Å². The Morgan fingerprint density at radius 1 is 0.944 bits per heavy atom. The summed E-state index contributed by atoms with van der Waals surface area (Å²) in [6.07, 6.45) is 23.5. The fourth-order valence-corrected chi connectivity index (χ4v) is 4.85. The number of hydrogen-bond donors (Lipinski definition) is 1. The van der Waals surface area contributed by atoms with E-state index in [1.807, 2.05) is 18.2 Å². The predicted octanol–water partition coefficient (Wildman–Crippen LogP) is 8.24. The molecule has 1 amide bonds. The van der Waals surface area contributed by atoms with Gasteiger partial charge >= 0.3 is 0 Å². The van der Waals surface area contributed by atoms with Crippen molar-refractivity contribution in [3.63, 3.8) is 0 Å². The topological polar surface area (TPSA) is 41.6 Å². The Morgan fingerprint density at radius 2 is 1.61 bits per heavy atom. The Kier molecular flexibility index (Phi) is 16.2. The Morgan fingerprint density at radius 3 is 2.28 bits per heavy atom. The molecule has 1 N–H and O–H groups in total. The van der Waals surface area contributed by atoms with Crippen molar-refractivity contribution in [1.29, 1.82) is 0 Å². The van der Waals surface area contributed by atoms with Gasteiger partial charge in [-0.05, 0) is 42.3 Å². The third-order valence-electron chi connectivity index (χ3n) is 6.71. The van der Waals surface area contributed by atoms with E-state index in [0.29, 0.717) is 23.9 Å². The van der Waals surface area contributed by atoms with Crippen LogP contribution in [0.4, 0.5) is 0 Å². The molecule has 0 saturated heterocycles. The molecule has 2 rings (SSSR count). The number of hydrogen-bond acceptors (Lipinski definition) is 3. The van der Waals surface area contributed by atoms with Crippen LogP contribution in [0.15, 0.2) is 42.1 Å². The van der Waals surface area contributed by atoms with E-state index >= 15 is 0 Å². The average molecular weight is 517 g/mol. The van der Waals surface area contributed by atoms with E-state index in [1.165, 1.54) is 76.2 Å². The van der Waals surface area contributed by atoms with E-state index < -0.39 is 0 Å². The number of carbonyl (C=O) groups excluding carboxylic acids is 1. The van der Waals surface area contributed by atoms with Crippen molar-refractivity contribution in [2.24, 2.45) is 0 Å². The Balaban J connectivity index is 1.58. The highest BCUT2D eigenvalue weighted by Gasteiger charge is 2.13. The summed E-state index contributed by atoms with van der Waals surface area (Å²) >= 11 is 6.57. The van der Waals surface area contributed by atoms with Gasteiger partial charge in [-0.2, -0.15) is 0 Å². The second kappa shape index (κ2) is 19.2. The summed E-state index contributed by atoms with van der Waals surface area (Å²) < 4.78 is 5.95. The number of amides is 1. The van der Waals surface area contributed by atoms with E-state index in [4.69, 9.17) is 16.3 Å². The summed E-state index contributed by atoms with van der Waals surface area (Å²) in [4.78, 5) is 14.8. The first kappa shape index (κ1) is 30.3. The number of allylic oxidation sites excluding steroid dienone is 2. The summed E-state index contributed by atoms with van der Waals surface area (Å²) in [6, 6.07) is 5.72. The highest BCUT2D eigenvalue weighted by molar-refractivity contribution is 6.33. The molecule has 1 aliphatic rings. The molecule has 0 atom stereocenters. The molecule has 1 aromatic carbocycles. The van der Waals surface area contributed by atoms with Crippen LogP contribution in [0.2, 0.25) is 5.02 Å². The van der Waals surface area contributed by atoms with Crippen molar-refractivity contribution in [2.45, 2.75) is 104 Å². The van der Waals surface area contributed by atoms with E-state index in [-0.39, 0.29) is 12.3 Å². The third kappa shape index (κ3) is 12.9. The zero-order valence-corrected chi connectivity index (χ0v) is 23.6. The number of carbonyl (C=O) groups is 1. The number of rotatable bonds is 20. The lowest BCUT2D eigenvalue weighted by molar-refractivity contribution is -0.120. The molecule has 202 valence electrons. The molecule has 1 aliphatic heterocycles. The van der Waals surface area contributed by atoms with Gasteiger partial charge in [0.2, 0.25) is 5.91 Å². The van der Waals surface area contributed by atoms with Crippen LogP contribution >= 0.6 is 11.6 Å². The lowest BCUT2D eigenvalue weighted by Crippen LogP contribution is -2.32. The molecule has 0 aromatic heterocycles. The Labute approximate surface area is 225 Å². The lowest BCUT2D eigenvalue weighted by atomic mass is 10.1. The summed E-state index contributed by atoms with van der Waals surface area (Å²) in [6.45, 7) is 7.58. The smallest absolute Gasteiger partial charge is 0.224 e. The van der Waals surface area contributed by atoms with Gasteiger partial charge in [0.25, 0.3) is 0 Å². The Bertz CT molecular complexity index is 806. The van der Waals surface area contributed by atoms with Crippen LogP contribution in [0.5, 0.6) is 5.75 Å². The minimum absolute atomic E-state index is 0.0208. The maximum atomic E-state index is 12.5. The van der Waals surface area contributed by atoms with Gasteiger partial charge in [0.15, 0.2) is 0 Å². The predicted molar refractivity (Wildman–Crippen MR) is 154 cm³/mol. The number of unbranched alkanes of at least 4 members (excludes halogenated alkanes) is 11. The summed E-state index contributed by atoms with van der Waals surface area (Å²) in [7, 11) is 0. The van der Waals surface area contributed by atoms with Crippen LogP contribution < -0.4 is 10.1 Å². The normalized spacial score (nSPS) is 13.1. The van der Waals surface area contributed by atoms with Crippen LogP contribution in [0.3, 0.4) is 0 Å². The molecular weight excluding hydrogens is 468 g/mol. The van der Waals surface area contributed by atoms with E-state index in [9.17, 15) is 4.79 Å². The zero-order chi connectivity index (χ0) is 25.8. The molecule has 0 radical (unpaired) electrons. The standard InChI is InChI=1S/C31H49ClN2O2/c1-3-5-6-7-8-9-10-11-12-13-14-15-23-36-29-20-16-19-28(31(29)32)24-30(35)33-25-27-18-17-22-34(26-27)21-4-2/h16-20,22H,3-15,21,23-26H2,1-2H3,(H,33,35). The van der Waals surface area contributed by atoms with Gasteiger partial charge in [0.05, 0.1) is 18.1 Å². The molecule has 0 bridgehead atoms. The van der Waals surface area contributed by atoms with E-state index in [1.54, 1.807) is 0 Å². The van der Waals surface area contributed by atoms with E-state index in [2.05, 4.69) is 42.4 Å².